The third kappa shape index (κ3) is 3.16. The standard InChI is InChI=1S/C18H19O3P/c1-11-9-12(2)17(13(3)10-11)18(19)14(4)15-7-5-6-8-16(15)22(20)21/h5-10,14H,1-4H3/p+1. The van der Waals surface area contributed by atoms with Gasteiger partial charge in [0.2, 0.25) is 5.30 Å². The highest BCUT2D eigenvalue weighted by Gasteiger charge is 2.29. The quantitative estimate of drug-likeness (QED) is 0.686. The van der Waals surface area contributed by atoms with Gasteiger partial charge in [-0.3, -0.25) is 4.79 Å². The van der Waals surface area contributed by atoms with Crippen molar-refractivity contribution in [3.05, 3.63) is 64.2 Å². The normalized spacial score (nSPS) is 12.9. The van der Waals surface area contributed by atoms with E-state index >= 15 is 0 Å². The van der Waals surface area contributed by atoms with Gasteiger partial charge in [0.1, 0.15) is 0 Å². The van der Waals surface area contributed by atoms with Crippen molar-refractivity contribution in [3.63, 3.8) is 0 Å². The van der Waals surface area contributed by atoms with Crippen LogP contribution >= 0.6 is 8.03 Å². The summed E-state index contributed by atoms with van der Waals surface area (Å²) in [7, 11) is -2.47. The fraction of sp³-hybridized carbons (Fsp3) is 0.278. The van der Waals surface area contributed by atoms with Crippen LogP contribution in [0, 0.1) is 20.8 Å². The summed E-state index contributed by atoms with van der Waals surface area (Å²) in [6.07, 6.45) is 0. The highest BCUT2D eigenvalue weighted by Crippen LogP contribution is 2.28. The molecule has 114 valence electrons. The van der Waals surface area contributed by atoms with E-state index in [-0.39, 0.29) is 5.78 Å². The van der Waals surface area contributed by atoms with Crippen LogP contribution in [0.25, 0.3) is 0 Å². The molecule has 3 nitrogen and oxygen atoms in total. The summed E-state index contributed by atoms with van der Waals surface area (Å²) in [6.45, 7) is 7.65. The van der Waals surface area contributed by atoms with Gasteiger partial charge in [0.15, 0.2) is 5.78 Å². The Kier molecular flexibility index (Phi) is 4.90. The molecule has 0 aromatic heterocycles. The lowest BCUT2D eigenvalue weighted by Gasteiger charge is -2.15. The molecule has 22 heavy (non-hydrogen) atoms. The van der Waals surface area contributed by atoms with Gasteiger partial charge in [0.05, 0.1) is 0 Å². The third-order valence-corrected chi connectivity index (χ3v) is 4.75. The van der Waals surface area contributed by atoms with Crippen LogP contribution in [0.15, 0.2) is 36.4 Å². The van der Waals surface area contributed by atoms with Crippen LogP contribution in [0.4, 0.5) is 0 Å². The Balaban J connectivity index is 2.49. The Bertz CT molecular complexity index is 727. The molecule has 0 fully saturated rings. The molecule has 2 aromatic rings. The molecule has 2 unspecified atom stereocenters. The molecule has 0 aliphatic carbocycles. The van der Waals surface area contributed by atoms with Crippen molar-refractivity contribution in [3.8, 4) is 0 Å². The number of carbonyl (C=O) groups is 1. The largest absolute Gasteiger partial charge is 0.546 e. The lowest BCUT2D eigenvalue weighted by molar-refractivity contribution is 0.0965. The summed E-state index contributed by atoms with van der Waals surface area (Å²) in [5, 5.41) is 0.334. The van der Waals surface area contributed by atoms with Crippen molar-refractivity contribution in [1.82, 2.24) is 0 Å². The highest BCUT2D eigenvalue weighted by molar-refractivity contribution is 7.47. The first kappa shape index (κ1) is 16.5. The van der Waals surface area contributed by atoms with E-state index in [2.05, 4.69) is 0 Å². The molecule has 0 radical (unpaired) electrons. The van der Waals surface area contributed by atoms with Gasteiger partial charge in [-0.1, -0.05) is 42.8 Å². The topological polar surface area (TPSA) is 54.4 Å². The van der Waals surface area contributed by atoms with Gasteiger partial charge in [-0.25, -0.2) is 0 Å². The van der Waals surface area contributed by atoms with E-state index in [1.165, 1.54) is 0 Å². The van der Waals surface area contributed by atoms with E-state index in [0.29, 0.717) is 16.4 Å². The molecule has 0 aliphatic rings. The third-order valence-electron chi connectivity index (χ3n) is 3.93. The lowest BCUT2D eigenvalue weighted by Crippen LogP contribution is -2.18. The average Bonchev–Trinajstić information content (AvgIpc) is 2.45. The number of ketones is 1. The zero-order valence-electron chi connectivity index (χ0n) is 13.3. The Hall–Kier alpha value is -1.83. The number of hydrogen-bond acceptors (Lipinski definition) is 2. The molecular weight excluding hydrogens is 295 g/mol. The van der Waals surface area contributed by atoms with E-state index in [9.17, 15) is 14.3 Å². The van der Waals surface area contributed by atoms with Gasteiger partial charge in [0, 0.05) is 17.0 Å². The van der Waals surface area contributed by atoms with Crippen LogP contribution in [0.2, 0.25) is 0 Å². The highest BCUT2D eigenvalue weighted by atomic mass is 31.1. The van der Waals surface area contributed by atoms with Gasteiger partial charge in [-0.2, -0.15) is 4.89 Å². The minimum Gasteiger partial charge on any atom is -0.293 e. The molecule has 0 heterocycles. The van der Waals surface area contributed by atoms with Gasteiger partial charge in [0.25, 0.3) is 0 Å². The molecule has 0 spiro atoms. The van der Waals surface area contributed by atoms with E-state index < -0.39 is 13.9 Å². The lowest BCUT2D eigenvalue weighted by atomic mass is 9.87. The molecule has 0 amide bonds. The maximum atomic E-state index is 12.9. The molecule has 1 N–H and O–H groups in total. The second-order valence-electron chi connectivity index (χ2n) is 5.69. The molecule has 2 atom stereocenters. The van der Waals surface area contributed by atoms with E-state index in [0.717, 1.165) is 16.7 Å². The van der Waals surface area contributed by atoms with Crippen molar-refractivity contribution in [2.45, 2.75) is 33.6 Å². The predicted octanol–water partition coefficient (Wildman–Crippen LogP) is 3.96. The zero-order valence-corrected chi connectivity index (χ0v) is 14.1. The maximum Gasteiger partial charge on any atom is 0.546 e. The average molecular weight is 315 g/mol. The molecule has 2 aromatic carbocycles. The van der Waals surface area contributed by atoms with Crippen molar-refractivity contribution >= 4 is 19.1 Å². The van der Waals surface area contributed by atoms with E-state index in [4.69, 9.17) is 0 Å². The minimum absolute atomic E-state index is 0.0145. The van der Waals surface area contributed by atoms with E-state index in [1.807, 2.05) is 32.9 Å². The van der Waals surface area contributed by atoms with Crippen molar-refractivity contribution in [1.29, 1.82) is 0 Å². The van der Waals surface area contributed by atoms with Gasteiger partial charge in [-0.05, 0) is 42.5 Å². The number of benzene rings is 2. The molecule has 0 saturated carbocycles. The van der Waals surface area contributed by atoms with Gasteiger partial charge < -0.3 is 0 Å². The number of aryl methyl sites for hydroxylation is 3. The van der Waals surface area contributed by atoms with Crippen LogP contribution < -0.4 is 5.30 Å². The summed E-state index contributed by atoms with van der Waals surface area (Å²) >= 11 is 0. The fourth-order valence-electron chi connectivity index (χ4n) is 2.95. The first-order valence-electron chi connectivity index (χ1n) is 7.20. The molecule has 2 rings (SSSR count). The second-order valence-corrected chi connectivity index (χ2v) is 6.72. The molecule has 0 aliphatic heterocycles. The summed E-state index contributed by atoms with van der Waals surface area (Å²) in [5.74, 6) is -0.471. The van der Waals surface area contributed by atoms with Crippen LogP contribution in [0.3, 0.4) is 0 Å². The second kappa shape index (κ2) is 6.51. The Morgan fingerprint density at radius 3 is 2.18 bits per heavy atom. The molecule has 4 heteroatoms. The van der Waals surface area contributed by atoms with Crippen molar-refractivity contribution < 1.29 is 14.3 Å². The maximum absolute atomic E-state index is 12.9. The SMILES string of the molecule is Cc1cc(C)c(C(=O)C(C)c2ccccc2[P+](=O)O)c(C)c1. The van der Waals surface area contributed by atoms with Gasteiger partial charge >= 0.3 is 8.03 Å². The Morgan fingerprint density at radius 1 is 1.09 bits per heavy atom. The van der Waals surface area contributed by atoms with Crippen molar-refractivity contribution in [2.24, 2.45) is 0 Å². The summed E-state index contributed by atoms with van der Waals surface area (Å²) < 4.78 is 11.5. The number of hydrogen-bond donors (Lipinski definition) is 1. The number of rotatable bonds is 4. The van der Waals surface area contributed by atoms with Gasteiger partial charge in [-0.15, -0.1) is 0 Å². The first-order chi connectivity index (χ1) is 10.3. The van der Waals surface area contributed by atoms with Crippen LogP contribution in [-0.2, 0) is 4.57 Å². The summed E-state index contributed by atoms with van der Waals surface area (Å²) in [6, 6.07) is 10.8. The van der Waals surface area contributed by atoms with Crippen molar-refractivity contribution in [2.75, 3.05) is 0 Å². The van der Waals surface area contributed by atoms with E-state index in [1.54, 1.807) is 31.2 Å². The molecular formula is C18H20O3P+. The van der Waals surface area contributed by atoms with Crippen LogP contribution in [0.1, 0.15) is 45.5 Å². The van der Waals surface area contributed by atoms with Crippen LogP contribution in [-0.4, -0.2) is 10.7 Å². The zero-order chi connectivity index (χ0) is 16.4. The number of Topliss-reactive ketones (excluding diaryl/α,β-unsaturated/α-hetero) is 1. The fourth-order valence-corrected chi connectivity index (χ4v) is 3.66. The first-order valence-corrected chi connectivity index (χ1v) is 8.41. The predicted molar refractivity (Wildman–Crippen MR) is 89.3 cm³/mol. The summed E-state index contributed by atoms with van der Waals surface area (Å²) in [5.41, 5.74) is 4.34. The Morgan fingerprint density at radius 2 is 1.64 bits per heavy atom. The minimum atomic E-state index is -2.47. The summed E-state index contributed by atoms with van der Waals surface area (Å²) in [4.78, 5) is 22.3. The molecule has 0 bridgehead atoms. The Labute approximate surface area is 131 Å². The molecule has 0 saturated heterocycles. The number of carbonyl (C=O) groups excluding carboxylic acids is 1. The van der Waals surface area contributed by atoms with Crippen LogP contribution in [0.5, 0.6) is 0 Å². The smallest absolute Gasteiger partial charge is 0.293 e. The monoisotopic (exact) mass is 315 g/mol.